The van der Waals surface area contributed by atoms with Gasteiger partial charge in [-0.05, 0) is 0 Å². The zero-order valence-corrected chi connectivity index (χ0v) is 14.1. The Morgan fingerprint density at radius 2 is 0.781 bits per heavy atom. The van der Waals surface area contributed by atoms with Gasteiger partial charge in [0.2, 0.25) is 0 Å². The number of rotatable bonds is 8. The first kappa shape index (κ1) is 28.7. The molecule has 1 heterocycles. The van der Waals surface area contributed by atoms with Crippen LogP contribution >= 0.6 is 0 Å². The van der Waals surface area contributed by atoms with Crippen LogP contribution in [0.2, 0.25) is 0 Å². The molecule has 1 rings (SSSR count). The van der Waals surface area contributed by atoms with Crippen LogP contribution < -0.4 is 0 Å². The molecule has 0 saturated carbocycles. The van der Waals surface area contributed by atoms with E-state index in [0.717, 1.165) is 0 Å². The Morgan fingerprint density at radius 1 is 0.469 bits per heavy atom. The lowest BCUT2D eigenvalue weighted by Crippen LogP contribution is -2.78. The van der Waals surface area contributed by atoms with E-state index >= 15 is 0 Å². The van der Waals surface area contributed by atoms with Gasteiger partial charge in [-0.1, -0.05) is 0 Å². The Morgan fingerprint density at radius 3 is 1.06 bits per heavy atom. The van der Waals surface area contributed by atoms with Gasteiger partial charge in [0.25, 0.3) is 5.92 Å². The molecule has 1 saturated heterocycles. The molecule has 1 fully saturated rings. The number of epoxide rings is 1. The number of alkyl halides is 19. The molecule has 0 aromatic rings. The van der Waals surface area contributed by atoms with E-state index in [-0.39, 0.29) is 0 Å². The Labute approximate surface area is 162 Å². The standard InChI is InChI=1S/C12H5F19O/c13-4(14,1-3-2-32-3)5(15,11(26,27)28)6(16,17)7(18,19)8(20,21)9(22,23)10(24,25)12(29,30)31/h3H,1-2H2. The number of hydrogen-bond acceptors (Lipinski definition) is 1. The first-order valence-corrected chi connectivity index (χ1v) is 7.29. The highest BCUT2D eigenvalue weighted by Crippen LogP contribution is 2.66. The van der Waals surface area contributed by atoms with Crippen LogP contribution in [0.3, 0.4) is 0 Å². The van der Waals surface area contributed by atoms with Gasteiger partial charge in [0.15, 0.2) is 0 Å². The third-order valence-corrected chi connectivity index (χ3v) is 4.15. The van der Waals surface area contributed by atoms with Crippen molar-refractivity contribution in [3.63, 3.8) is 0 Å². The Hall–Kier alpha value is -1.37. The first-order valence-electron chi connectivity index (χ1n) is 7.29. The summed E-state index contributed by atoms with van der Waals surface area (Å²) < 4.78 is 252. The van der Waals surface area contributed by atoms with E-state index in [9.17, 15) is 83.4 Å². The van der Waals surface area contributed by atoms with Gasteiger partial charge in [0.05, 0.1) is 12.7 Å². The van der Waals surface area contributed by atoms with Gasteiger partial charge in [0.1, 0.15) is 0 Å². The summed E-state index contributed by atoms with van der Waals surface area (Å²) in [6, 6.07) is 0. The normalized spacial score (nSPS) is 22.0. The van der Waals surface area contributed by atoms with Gasteiger partial charge in [0, 0.05) is 6.42 Å². The van der Waals surface area contributed by atoms with Crippen molar-refractivity contribution < 1.29 is 88.2 Å². The second kappa shape index (κ2) is 7.07. The summed E-state index contributed by atoms with van der Waals surface area (Å²) in [4.78, 5) is 0. The summed E-state index contributed by atoms with van der Waals surface area (Å²) in [6.45, 7) is -1.00. The molecule has 0 spiro atoms. The van der Waals surface area contributed by atoms with Crippen LogP contribution in [0.25, 0.3) is 0 Å². The van der Waals surface area contributed by atoms with Crippen molar-refractivity contribution in [2.24, 2.45) is 0 Å². The van der Waals surface area contributed by atoms with E-state index < -0.39 is 72.7 Å². The molecule has 0 bridgehead atoms. The maximum atomic E-state index is 14.0. The molecule has 2 atom stereocenters. The lowest BCUT2D eigenvalue weighted by molar-refractivity contribution is -0.469. The number of hydrogen-bond donors (Lipinski definition) is 0. The zero-order chi connectivity index (χ0) is 26.2. The summed E-state index contributed by atoms with van der Waals surface area (Å²) in [6.07, 6.45) is -21.0. The molecule has 0 aromatic carbocycles. The van der Waals surface area contributed by atoms with Crippen LogP contribution in [0.15, 0.2) is 0 Å². The van der Waals surface area contributed by atoms with E-state index in [0.29, 0.717) is 0 Å². The largest absolute Gasteiger partial charge is 0.460 e. The van der Waals surface area contributed by atoms with Crippen LogP contribution in [-0.4, -0.2) is 66.3 Å². The van der Waals surface area contributed by atoms with E-state index in [4.69, 9.17) is 0 Å². The lowest BCUT2D eigenvalue weighted by atomic mass is 9.80. The molecule has 1 nitrogen and oxygen atoms in total. The minimum absolute atomic E-state index is 1.00. The minimum Gasteiger partial charge on any atom is -0.373 e. The molecule has 0 aliphatic carbocycles. The van der Waals surface area contributed by atoms with Crippen LogP contribution in [0.4, 0.5) is 83.4 Å². The average molecular weight is 526 g/mol. The molecular weight excluding hydrogens is 521 g/mol. The molecule has 2 unspecified atom stereocenters. The van der Waals surface area contributed by atoms with Crippen LogP contribution in [0, 0.1) is 0 Å². The van der Waals surface area contributed by atoms with Crippen molar-refractivity contribution in [2.45, 2.75) is 66.1 Å². The molecule has 192 valence electrons. The van der Waals surface area contributed by atoms with Gasteiger partial charge >= 0.3 is 47.6 Å². The third-order valence-electron chi connectivity index (χ3n) is 4.15. The maximum absolute atomic E-state index is 14.0. The van der Waals surface area contributed by atoms with Gasteiger partial charge < -0.3 is 4.74 Å². The highest BCUT2D eigenvalue weighted by Gasteiger charge is 2.97. The van der Waals surface area contributed by atoms with Crippen LogP contribution in [-0.2, 0) is 4.74 Å². The van der Waals surface area contributed by atoms with Gasteiger partial charge in [-0.2, -0.15) is 70.2 Å². The summed E-state index contributed by atoms with van der Waals surface area (Å²) in [5.74, 6) is -50.4. The second-order valence-corrected chi connectivity index (χ2v) is 6.39. The first-order chi connectivity index (χ1) is 13.6. The highest BCUT2D eigenvalue weighted by atomic mass is 19.4. The Bertz CT molecular complexity index is 698. The fourth-order valence-electron chi connectivity index (χ4n) is 2.21. The van der Waals surface area contributed by atoms with Crippen molar-refractivity contribution in [3.05, 3.63) is 0 Å². The summed E-state index contributed by atoms with van der Waals surface area (Å²) in [7, 11) is 0. The van der Waals surface area contributed by atoms with Crippen molar-refractivity contribution in [1.82, 2.24) is 0 Å². The highest BCUT2D eigenvalue weighted by molar-refractivity contribution is 5.20. The summed E-state index contributed by atoms with van der Waals surface area (Å²) >= 11 is 0. The molecule has 0 aromatic heterocycles. The molecule has 0 radical (unpaired) electrons. The SMILES string of the molecule is FC(F)(F)C(F)(F)C(F)(F)C(F)(F)C(F)(F)C(F)(F)C(F)(C(F)(F)F)C(F)(F)CC1CO1. The predicted molar refractivity (Wildman–Crippen MR) is 60.0 cm³/mol. The molecule has 1 aliphatic heterocycles. The fraction of sp³-hybridized carbons (Fsp3) is 1.00. The average Bonchev–Trinajstić information content (AvgIpc) is 3.33. The minimum atomic E-state index is -8.91. The van der Waals surface area contributed by atoms with Gasteiger partial charge in [-0.25, -0.2) is 13.2 Å². The fourth-order valence-corrected chi connectivity index (χ4v) is 2.21. The van der Waals surface area contributed by atoms with Crippen molar-refractivity contribution in [3.8, 4) is 0 Å². The molecule has 20 heteroatoms. The Kier molecular flexibility index (Phi) is 6.33. The molecular formula is C12H5F19O. The van der Waals surface area contributed by atoms with Crippen molar-refractivity contribution in [1.29, 1.82) is 0 Å². The molecule has 0 N–H and O–H groups in total. The maximum Gasteiger partial charge on any atom is 0.460 e. The topological polar surface area (TPSA) is 12.5 Å². The number of ether oxygens (including phenoxy) is 1. The third kappa shape index (κ3) is 3.54. The number of halogens is 19. The quantitative estimate of drug-likeness (QED) is 0.263. The Balaban J connectivity index is 3.79. The summed E-state index contributed by atoms with van der Waals surface area (Å²) in [5, 5.41) is 0. The monoisotopic (exact) mass is 526 g/mol. The van der Waals surface area contributed by atoms with Crippen molar-refractivity contribution >= 4 is 0 Å². The smallest absolute Gasteiger partial charge is 0.373 e. The molecule has 0 amide bonds. The molecule has 32 heavy (non-hydrogen) atoms. The van der Waals surface area contributed by atoms with Crippen LogP contribution in [0.5, 0.6) is 0 Å². The van der Waals surface area contributed by atoms with E-state index in [1.165, 1.54) is 0 Å². The van der Waals surface area contributed by atoms with E-state index in [2.05, 4.69) is 4.74 Å². The second-order valence-electron chi connectivity index (χ2n) is 6.39. The van der Waals surface area contributed by atoms with Crippen LogP contribution in [0.1, 0.15) is 6.42 Å². The van der Waals surface area contributed by atoms with E-state index in [1.807, 2.05) is 0 Å². The van der Waals surface area contributed by atoms with E-state index in [1.54, 1.807) is 0 Å². The zero-order valence-electron chi connectivity index (χ0n) is 14.1. The summed E-state index contributed by atoms with van der Waals surface area (Å²) in [5.41, 5.74) is -8.17. The van der Waals surface area contributed by atoms with Gasteiger partial charge in [-0.3, -0.25) is 0 Å². The predicted octanol–water partition coefficient (Wildman–Crippen LogP) is 6.42. The lowest BCUT2D eigenvalue weighted by Gasteiger charge is -2.46. The molecule has 1 aliphatic rings. The van der Waals surface area contributed by atoms with Crippen molar-refractivity contribution in [2.75, 3.05) is 6.61 Å². The van der Waals surface area contributed by atoms with Gasteiger partial charge in [-0.15, -0.1) is 0 Å².